The van der Waals surface area contributed by atoms with Gasteiger partial charge in [-0.1, -0.05) is 35.5 Å². The van der Waals surface area contributed by atoms with E-state index in [4.69, 9.17) is 9.47 Å². The number of aryl methyl sites for hydroxylation is 1. The average molecular weight is 496 g/mol. The van der Waals surface area contributed by atoms with Crippen LogP contribution in [0, 0.1) is 6.92 Å². The zero-order valence-corrected chi connectivity index (χ0v) is 21.0. The standard InChI is InChI=1S/C25H29N5O4S/c1-5-30-22(15-26-23(31)13-9-18-8-12-20(33-3)21(14-18)34-4)28-29-25(30)35-16-24(32)27-19-10-6-17(2)7-11-19/h6-14H,5,15-16H2,1-4H3,(H,26,31)(H,27,32)/b13-9+. The summed E-state index contributed by atoms with van der Waals surface area (Å²) in [6.07, 6.45) is 3.13. The van der Waals surface area contributed by atoms with Gasteiger partial charge in [-0.3, -0.25) is 9.59 Å². The van der Waals surface area contributed by atoms with Gasteiger partial charge in [0.1, 0.15) is 0 Å². The molecule has 3 aromatic rings. The van der Waals surface area contributed by atoms with Gasteiger partial charge in [0.25, 0.3) is 0 Å². The average Bonchev–Trinajstić information content (AvgIpc) is 3.27. The van der Waals surface area contributed by atoms with Crippen LogP contribution in [0.15, 0.2) is 53.7 Å². The third-order valence-corrected chi connectivity index (χ3v) is 6.00. The fourth-order valence-corrected chi connectivity index (χ4v) is 4.01. The van der Waals surface area contributed by atoms with E-state index < -0.39 is 0 Å². The van der Waals surface area contributed by atoms with Crippen molar-refractivity contribution in [3.05, 3.63) is 65.5 Å². The Bertz CT molecular complexity index is 1190. The Balaban J connectivity index is 1.53. The van der Waals surface area contributed by atoms with Crippen LogP contribution in [0.3, 0.4) is 0 Å². The molecule has 0 aliphatic rings. The number of rotatable bonds is 11. The smallest absolute Gasteiger partial charge is 0.244 e. The summed E-state index contributed by atoms with van der Waals surface area (Å²) < 4.78 is 12.4. The summed E-state index contributed by atoms with van der Waals surface area (Å²) in [7, 11) is 3.13. The monoisotopic (exact) mass is 495 g/mol. The number of ether oxygens (including phenoxy) is 2. The molecule has 1 aromatic heterocycles. The number of methoxy groups -OCH3 is 2. The Morgan fingerprint density at radius 3 is 2.49 bits per heavy atom. The highest BCUT2D eigenvalue weighted by atomic mass is 32.2. The highest BCUT2D eigenvalue weighted by Gasteiger charge is 2.14. The lowest BCUT2D eigenvalue weighted by Gasteiger charge is -2.08. The first-order valence-corrected chi connectivity index (χ1v) is 12.0. The maximum absolute atomic E-state index is 12.3. The molecule has 0 saturated carbocycles. The SMILES string of the molecule is CCn1c(CNC(=O)/C=C/c2ccc(OC)c(OC)c2)nnc1SCC(=O)Nc1ccc(C)cc1. The topological polar surface area (TPSA) is 107 Å². The minimum atomic E-state index is -0.267. The molecule has 1 heterocycles. The summed E-state index contributed by atoms with van der Waals surface area (Å²) >= 11 is 1.30. The number of nitrogens with zero attached hydrogens (tertiary/aromatic N) is 3. The Labute approximate surface area is 208 Å². The fourth-order valence-electron chi connectivity index (χ4n) is 3.19. The van der Waals surface area contributed by atoms with E-state index in [0.717, 1.165) is 16.8 Å². The van der Waals surface area contributed by atoms with Crippen LogP contribution >= 0.6 is 11.8 Å². The maximum Gasteiger partial charge on any atom is 0.244 e. The van der Waals surface area contributed by atoms with Gasteiger partial charge in [-0.2, -0.15) is 0 Å². The van der Waals surface area contributed by atoms with Gasteiger partial charge in [-0.05, 0) is 49.8 Å². The number of thioether (sulfide) groups is 1. The Kier molecular flexibility index (Phi) is 9.31. The van der Waals surface area contributed by atoms with Gasteiger partial charge < -0.3 is 24.7 Å². The first kappa shape index (κ1) is 25.8. The molecule has 10 heteroatoms. The molecular formula is C25H29N5O4S. The van der Waals surface area contributed by atoms with Gasteiger partial charge in [0, 0.05) is 18.3 Å². The molecule has 184 valence electrons. The predicted molar refractivity (Wildman–Crippen MR) is 137 cm³/mol. The summed E-state index contributed by atoms with van der Waals surface area (Å²) in [6.45, 7) is 4.78. The Hall–Kier alpha value is -3.79. The van der Waals surface area contributed by atoms with E-state index in [-0.39, 0.29) is 24.1 Å². The number of amides is 2. The van der Waals surface area contributed by atoms with Gasteiger partial charge in [-0.25, -0.2) is 0 Å². The lowest BCUT2D eigenvalue weighted by atomic mass is 10.2. The molecule has 9 nitrogen and oxygen atoms in total. The summed E-state index contributed by atoms with van der Waals surface area (Å²) in [5.74, 6) is 1.63. The number of anilines is 1. The molecule has 2 N–H and O–H groups in total. The molecule has 0 fully saturated rings. The normalized spacial score (nSPS) is 10.9. The van der Waals surface area contributed by atoms with Crippen LogP contribution in [0.1, 0.15) is 23.9 Å². The number of aromatic nitrogens is 3. The molecular weight excluding hydrogens is 466 g/mol. The van der Waals surface area contributed by atoms with Gasteiger partial charge in [-0.15, -0.1) is 10.2 Å². The third-order valence-electron chi connectivity index (χ3n) is 5.03. The van der Waals surface area contributed by atoms with E-state index in [2.05, 4.69) is 20.8 Å². The first-order valence-electron chi connectivity index (χ1n) is 11.0. The summed E-state index contributed by atoms with van der Waals surface area (Å²) in [6, 6.07) is 13.0. The quantitative estimate of drug-likeness (QED) is 0.309. The minimum Gasteiger partial charge on any atom is -0.493 e. The Morgan fingerprint density at radius 2 is 1.80 bits per heavy atom. The zero-order valence-electron chi connectivity index (χ0n) is 20.2. The summed E-state index contributed by atoms with van der Waals surface area (Å²) in [4.78, 5) is 24.6. The number of benzene rings is 2. The summed E-state index contributed by atoms with van der Waals surface area (Å²) in [5.41, 5.74) is 2.68. The molecule has 0 aliphatic carbocycles. The molecule has 0 atom stereocenters. The van der Waals surface area contributed by atoms with Crippen molar-refractivity contribution in [3.8, 4) is 11.5 Å². The van der Waals surface area contributed by atoms with Crippen molar-refractivity contribution >= 4 is 35.3 Å². The van der Waals surface area contributed by atoms with Crippen LogP contribution in [0.2, 0.25) is 0 Å². The van der Waals surface area contributed by atoms with Crippen LogP contribution in [0.5, 0.6) is 11.5 Å². The molecule has 2 aromatic carbocycles. The lowest BCUT2D eigenvalue weighted by Crippen LogP contribution is -2.22. The summed E-state index contributed by atoms with van der Waals surface area (Å²) in [5, 5.41) is 14.7. The number of carbonyl (C=O) groups excluding carboxylic acids is 2. The van der Waals surface area contributed by atoms with E-state index in [1.54, 1.807) is 32.4 Å². The van der Waals surface area contributed by atoms with Crippen LogP contribution < -0.4 is 20.1 Å². The predicted octanol–water partition coefficient (Wildman–Crippen LogP) is 3.68. The first-order chi connectivity index (χ1) is 16.9. The molecule has 35 heavy (non-hydrogen) atoms. The molecule has 0 radical (unpaired) electrons. The minimum absolute atomic E-state index is 0.125. The fraction of sp³-hybridized carbons (Fsp3) is 0.280. The maximum atomic E-state index is 12.3. The van der Waals surface area contributed by atoms with Crippen LogP contribution in [0.25, 0.3) is 6.08 Å². The van der Waals surface area contributed by atoms with Crippen LogP contribution in [-0.4, -0.2) is 46.6 Å². The number of carbonyl (C=O) groups is 2. The highest BCUT2D eigenvalue weighted by Crippen LogP contribution is 2.28. The number of hydrogen-bond donors (Lipinski definition) is 2. The molecule has 0 aliphatic heterocycles. The molecule has 3 rings (SSSR count). The van der Waals surface area contributed by atoms with Crippen molar-refractivity contribution in [2.24, 2.45) is 0 Å². The van der Waals surface area contributed by atoms with Crippen molar-refractivity contribution in [1.29, 1.82) is 0 Å². The second kappa shape index (κ2) is 12.6. The lowest BCUT2D eigenvalue weighted by molar-refractivity contribution is -0.116. The second-order valence-electron chi connectivity index (χ2n) is 7.51. The van der Waals surface area contributed by atoms with Gasteiger partial charge in [0.05, 0.1) is 26.5 Å². The van der Waals surface area contributed by atoms with E-state index in [1.165, 1.54) is 17.8 Å². The molecule has 2 amide bonds. The van der Waals surface area contributed by atoms with Crippen molar-refractivity contribution < 1.29 is 19.1 Å². The Morgan fingerprint density at radius 1 is 1.06 bits per heavy atom. The van der Waals surface area contributed by atoms with E-state index in [0.29, 0.717) is 29.0 Å². The highest BCUT2D eigenvalue weighted by molar-refractivity contribution is 7.99. The van der Waals surface area contributed by atoms with Gasteiger partial charge >= 0.3 is 0 Å². The van der Waals surface area contributed by atoms with E-state index in [9.17, 15) is 9.59 Å². The van der Waals surface area contributed by atoms with Gasteiger partial charge in [0.15, 0.2) is 22.5 Å². The van der Waals surface area contributed by atoms with Crippen molar-refractivity contribution in [2.75, 3.05) is 25.3 Å². The van der Waals surface area contributed by atoms with Crippen molar-refractivity contribution in [3.63, 3.8) is 0 Å². The number of nitrogens with one attached hydrogen (secondary N) is 2. The largest absolute Gasteiger partial charge is 0.493 e. The molecule has 0 spiro atoms. The van der Waals surface area contributed by atoms with Crippen molar-refractivity contribution in [1.82, 2.24) is 20.1 Å². The van der Waals surface area contributed by atoms with Gasteiger partial charge in [0.2, 0.25) is 11.8 Å². The van der Waals surface area contributed by atoms with E-state index in [1.807, 2.05) is 48.7 Å². The van der Waals surface area contributed by atoms with Crippen molar-refractivity contribution in [2.45, 2.75) is 32.1 Å². The van der Waals surface area contributed by atoms with E-state index >= 15 is 0 Å². The molecule has 0 bridgehead atoms. The molecule has 0 unspecified atom stereocenters. The zero-order chi connectivity index (χ0) is 25.2. The molecule has 0 saturated heterocycles. The van der Waals surface area contributed by atoms with Crippen LogP contribution in [-0.2, 0) is 22.7 Å². The number of hydrogen-bond acceptors (Lipinski definition) is 7. The van der Waals surface area contributed by atoms with Crippen LogP contribution in [0.4, 0.5) is 5.69 Å². The third kappa shape index (κ3) is 7.35. The second-order valence-corrected chi connectivity index (χ2v) is 8.45.